The molecule has 0 saturated carbocycles. The molecule has 2 N–H and O–H groups in total. The standard InChI is InChI=1S/C22H16N4/c1-2-14-9-21-12-19-6-5-17(24-19)10-15-3-4-16(23-15)11-18-7-8-20(25-18)13-22(14)26-21/h2-13,23-24H,1H2/i9D. The van der Waals surface area contributed by atoms with E-state index in [-0.39, 0.29) is 0 Å². The van der Waals surface area contributed by atoms with Gasteiger partial charge in [-0.1, -0.05) is 12.7 Å². The van der Waals surface area contributed by atoms with E-state index < -0.39 is 0 Å². The zero-order chi connectivity index (χ0) is 18.4. The second-order valence-electron chi connectivity index (χ2n) is 6.24. The van der Waals surface area contributed by atoms with Gasteiger partial charge in [-0.15, -0.1) is 0 Å². The van der Waals surface area contributed by atoms with E-state index in [1.54, 1.807) is 6.08 Å². The molecule has 4 heteroatoms. The number of aromatic amines is 2. The lowest BCUT2D eigenvalue weighted by Crippen LogP contribution is -1.80. The smallest absolute Gasteiger partial charge is 0.0731 e. The number of nitrogens with zero attached hydrogens (tertiary/aromatic N) is 2. The zero-order valence-corrected chi connectivity index (χ0v) is 14.0. The number of rotatable bonds is 1. The van der Waals surface area contributed by atoms with Crippen LogP contribution in [-0.4, -0.2) is 19.9 Å². The van der Waals surface area contributed by atoms with E-state index in [0.29, 0.717) is 23.0 Å². The van der Waals surface area contributed by atoms with Gasteiger partial charge >= 0.3 is 0 Å². The Morgan fingerprint density at radius 1 is 0.769 bits per heavy atom. The molecule has 0 amide bonds. The molecular weight excluding hydrogens is 320 g/mol. The van der Waals surface area contributed by atoms with Crippen LogP contribution in [0.2, 0.25) is 0 Å². The highest BCUT2D eigenvalue weighted by atomic mass is 14.8. The highest BCUT2D eigenvalue weighted by Crippen LogP contribution is 2.23. The number of aromatic nitrogens is 4. The Hall–Kier alpha value is -3.66. The number of hydrogen-bond acceptors (Lipinski definition) is 2. The molecule has 124 valence electrons. The second kappa shape index (κ2) is 5.70. The van der Waals surface area contributed by atoms with Gasteiger partial charge in [0.05, 0.1) is 24.1 Å². The predicted octanol–water partition coefficient (Wildman–Crippen LogP) is 5.21. The molecule has 2 aliphatic heterocycles. The fourth-order valence-electron chi connectivity index (χ4n) is 3.12. The summed E-state index contributed by atoms with van der Waals surface area (Å²) in [7, 11) is 0. The Kier molecular flexibility index (Phi) is 2.99. The van der Waals surface area contributed by atoms with Crippen molar-refractivity contribution >= 4 is 45.8 Å². The highest BCUT2D eigenvalue weighted by Gasteiger charge is 2.08. The van der Waals surface area contributed by atoms with Crippen molar-refractivity contribution in [1.82, 2.24) is 19.9 Å². The van der Waals surface area contributed by atoms with Gasteiger partial charge in [-0.2, -0.15) is 0 Å². The molecule has 0 aromatic carbocycles. The number of nitrogens with one attached hydrogen (secondary N) is 2. The Morgan fingerprint density at radius 3 is 2.00 bits per heavy atom. The first-order valence-electron chi connectivity index (χ1n) is 8.88. The lowest BCUT2D eigenvalue weighted by atomic mass is 10.2. The monoisotopic (exact) mass is 337 g/mol. The van der Waals surface area contributed by atoms with Crippen molar-refractivity contribution in [2.45, 2.75) is 0 Å². The second-order valence-corrected chi connectivity index (χ2v) is 6.24. The molecule has 0 unspecified atom stereocenters. The van der Waals surface area contributed by atoms with Gasteiger partial charge in [0.15, 0.2) is 0 Å². The van der Waals surface area contributed by atoms with Gasteiger partial charge in [-0.25, -0.2) is 9.97 Å². The molecule has 5 rings (SSSR count). The van der Waals surface area contributed by atoms with E-state index in [4.69, 9.17) is 1.37 Å². The average Bonchev–Trinajstić information content (AvgIpc) is 3.41. The van der Waals surface area contributed by atoms with Crippen LogP contribution in [-0.2, 0) is 0 Å². The van der Waals surface area contributed by atoms with Crippen LogP contribution in [0, 0.1) is 0 Å². The molecule has 2 aliphatic rings. The summed E-state index contributed by atoms with van der Waals surface area (Å²) in [6, 6.07) is 16.2. The van der Waals surface area contributed by atoms with Crippen molar-refractivity contribution in [2.75, 3.05) is 0 Å². The van der Waals surface area contributed by atoms with Crippen LogP contribution in [0.15, 0.2) is 61.2 Å². The molecule has 0 fully saturated rings. The number of fused-ring (bicyclic) bond motifs is 8. The Morgan fingerprint density at radius 2 is 1.35 bits per heavy atom. The third kappa shape index (κ3) is 2.67. The van der Waals surface area contributed by atoms with Gasteiger partial charge in [-0.3, -0.25) is 0 Å². The first-order chi connectivity index (χ1) is 13.2. The van der Waals surface area contributed by atoms with E-state index in [0.717, 1.165) is 33.5 Å². The van der Waals surface area contributed by atoms with Crippen molar-refractivity contribution in [3.63, 3.8) is 0 Å². The van der Waals surface area contributed by atoms with E-state index >= 15 is 0 Å². The molecule has 0 saturated heterocycles. The first kappa shape index (κ1) is 13.6. The molecular formula is C22H16N4. The third-order valence-electron chi connectivity index (χ3n) is 4.32. The lowest BCUT2D eigenvalue weighted by Gasteiger charge is -1.91. The molecule has 0 aliphatic carbocycles. The van der Waals surface area contributed by atoms with Crippen LogP contribution in [0.5, 0.6) is 0 Å². The van der Waals surface area contributed by atoms with Crippen LogP contribution in [0.4, 0.5) is 0 Å². The van der Waals surface area contributed by atoms with Gasteiger partial charge < -0.3 is 9.97 Å². The minimum atomic E-state index is 0.368. The third-order valence-corrected chi connectivity index (χ3v) is 4.32. The molecule has 3 aromatic rings. The SMILES string of the molecule is [2H]C1=C(C=C)c2cc3nc(cc4ccc(cc5ccc(cc1n2)[nH]5)[nH]4)C=C3. The quantitative estimate of drug-likeness (QED) is 0.501. The van der Waals surface area contributed by atoms with E-state index in [1.807, 2.05) is 60.7 Å². The molecule has 0 radical (unpaired) electrons. The van der Waals surface area contributed by atoms with Crippen molar-refractivity contribution in [3.8, 4) is 0 Å². The maximum Gasteiger partial charge on any atom is 0.0731 e. The minimum absolute atomic E-state index is 0.368. The van der Waals surface area contributed by atoms with Gasteiger partial charge in [0.1, 0.15) is 0 Å². The molecule has 5 heterocycles. The van der Waals surface area contributed by atoms with Crippen molar-refractivity contribution in [3.05, 3.63) is 84.0 Å². The van der Waals surface area contributed by atoms with Crippen molar-refractivity contribution in [1.29, 1.82) is 0 Å². The molecule has 26 heavy (non-hydrogen) atoms. The number of H-pyrrole nitrogens is 2. The van der Waals surface area contributed by atoms with Gasteiger partial charge in [0.25, 0.3) is 0 Å². The van der Waals surface area contributed by atoms with Crippen LogP contribution in [0.25, 0.3) is 45.8 Å². The van der Waals surface area contributed by atoms with E-state index in [2.05, 4.69) is 26.5 Å². The highest BCUT2D eigenvalue weighted by molar-refractivity contribution is 5.89. The summed E-state index contributed by atoms with van der Waals surface area (Å²) in [5, 5.41) is 0. The maximum absolute atomic E-state index is 8.43. The average molecular weight is 337 g/mol. The Balaban J connectivity index is 1.88. The maximum atomic E-state index is 8.43. The van der Waals surface area contributed by atoms with E-state index in [1.165, 1.54) is 0 Å². The van der Waals surface area contributed by atoms with Crippen LogP contribution in [0.3, 0.4) is 0 Å². The minimum Gasteiger partial charge on any atom is -0.355 e. The number of allylic oxidation sites excluding steroid dienone is 2. The fraction of sp³-hybridized carbons (Fsp3) is 0. The lowest BCUT2D eigenvalue weighted by molar-refractivity contribution is 1.27. The Bertz CT molecular complexity index is 1300. The normalized spacial score (nSPS) is 13.8. The first-order valence-corrected chi connectivity index (χ1v) is 8.38. The van der Waals surface area contributed by atoms with Crippen LogP contribution in [0.1, 0.15) is 24.1 Å². The van der Waals surface area contributed by atoms with Gasteiger partial charge in [-0.05, 0) is 66.7 Å². The molecule has 3 aromatic heterocycles. The molecule has 0 spiro atoms. The summed E-state index contributed by atoms with van der Waals surface area (Å²) in [4.78, 5) is 16.0. The fourth-order valence-corrected chi connectivity index (χ4v) is 3.12. The molecule has 4 nitrogen and oxygen atoms in total. The topological polar surface area (TPSA) is 57.4 Å². The number of hydrogen-bond donors (Lipinski definition) is 2. The largest absolute Gasteiger partial charge is 0.355 e. The van der Waals surface area contributed by atoms with E-state index in [9.17, 15) is 0 Å². The molecule has 0 atom stereocenters. The summed E-state index contributed by atoms with van der Waals surface area (Å²) in [6.07, 6.45) is 5.60. The predicted molar refractivity (Wildman–Crippen MR) is 108 cm³/mol. The Labute approximate surface area is 151 Å². The van der Waals surface area contributed by atoms with Crippen LogP contribution >= 0.6 is 0 Å². The van der Waals surface area contributed by atoms with Crippen LogP contribution < -0.4 is 0 Å². The zero-order valence-electron chi connectivity index (χ0n) is 15.0. The summed E-state index contributed by atoms with van der Waals surface area (Å²) in [6.45, 7) is 3.85. The summed E-state index contributed by atoms with van der Waals surface area (Å²) < 4.78 is 8.43. The van der Waals surface area contributed by atoms with Gasteiger partial charge in [0, 0.05) is 27.6 Å². The van der Waals surface area contributed by atoms with Crippen molar-refractivity contribution < 1.29 is 1.37 Å². The summed E-state index contributed by atoms with van der Waals surface area (Å²) >= 11 is 0. The summed E-state index contributed by atoms with van der Waals surface area (Å²) in [5.41, 5.74) is 7.57. The van der Waals surface area contributed by atoms with Gasteiger partial charge in [0.2, 0.25) is 0 Å². The van der Waals surface area contributed by atoms with Crippen molar-refractivity contribution in [2.24, 2.45) is 0 Å². The molecule has 8 bridgehead atoms. The summed E-state index contributed by atoms with van der Waals surface area (Å²) in [5.74, 6) is 0.